The van der Waals surface area contributed by atoms with Gasteiger partial charge in [0.15, 0.2) is 8.32 Å². The second kappa shape index (κ2) is 6.91. The molecule has 0 aromatic rings. The van der Waals surface area contributed by atoms with Gasteiger partial charge in [-0.05, 0) is 24.6 Å². The molecule has 0 heterocycles. The first-order valence-corrected chi connectivity index (χ1v) is 14.6. The van der Waals surface area contributed by atoms with Crippen LogP contribution in [0, 0.1) is 11.5 Å². The maximum absolute atomic E-state index is 6.42. The van der Waals surface area contributed by atoms with Gasteiger partial charge >= 0.3 is 0 Å². The van der Waals surface area contributed by atoms with E-state index in [1.807, 2.05) is 0 Å². The molecule has 0 aliphatic rings. The molecule has 1 atom stereocenters. The normalized spacial score (nSPS) is 14.9. The summed E-state index contributed by atoms with van der Waals surface area (Å²) in [4.78, 5) is 0. The zero-order valence-corrected chi connectivity index (χ0v) is 17.4. The van der Waals surface area contributed by atoms with Crippen LogP contribution >= 0.6 is 22.6 Å². The zero-order chi connectivity index (χ0) is 14.6. The topological polar surface area (TPSA) is 9.23 Å². The average molecular weight is 396 g/mol. The zero-order valence-electron chi connectivity index (χ0n) is 13.3. The van der Waals surface area contributed by atoms with E-state index in [0.29, 0.717) is 0 Å². The fraction of sp³-hybridized carbons (Fsp3) is 0.857. The van der Waals surface area contributed by atoms with Crippen molar-refractivity contribution in [3.05, 3.63) is 0 Å². The minimum atomic E-state index is -1.69. The largest absolute Gasteiger partial charge is 0.403 e. The van der Waals surface area contributed by atoms with Crippen LogP contribution in [0.15, 0.2) is 0 Å². The lowest BCUT2D eigenvalue weighted by Gasteiger charge is -2.38. The number of rotatable bonds is 4. The van der Waals surface area contributed by atoms with E-state index in [4.69, 9.17) is 4.43 Å². The molecule has 0 aromatic carbocycles. The fourth-order valence-electron chi connectivity index (χ4n) is 1.09. The molecule has 0 saturated carbocycles. The molecule has 4 heteroatoms. The third-order valence-electron chi connectivity index (χ3n) is 3.22. The molecule has 0 unspecified atom stereocenters. The number of hydrogen-bond donors (Lipinski definition) is 0. The summed E-state index contributed by atoms with van der Waals surface area (Å²) in [5, 5.41) is 0.261. The van der Waals surface area contributed by atoms with Crippen LogP contribution in [0.2, 0.25) is 37.8 Å². The van der Waals surface area contributed by atoms with Crippen molar-refractivity contribution in [1.82, 2.24) is 0 Å². The second-order valence-corrected chi connectivity index (χ2v) is 17.9. The van der Waals surface area contributed by atoms with Gasteiger partial charge in [0.25, 0.3) is 0 Å². The first-order valence-electron chi connectivity index (χ1n) is 6.65. The van der Waals surface area contributed by atoms with E-state index in [0.717, 1.165) is 10.8 Å². The van der Waals surface area contributed by atoms with Gasteiger partial charge in [0.2, 0.25) is 0 Å². The predicted octanol–water partition coefficient (Wildman–Crippen LogP) is 5.08. The average Bonchev–Trinajstić information content (AvgIpc) is 2.11. The highest BCUT2D eigenvalue weighted by Gasteiger charge is 2.38. The second-order valence-electron chi connectivity index (χ2n) is 7.36. The summed E-state index contributed by atoms with van der Waals surface area (Å²) in [5.41, 5.74) is 3.46. The van der Waals surface area contributed by atoms with E-state index in [2.05, 4.69) is 87.6 Å². The predicted molar refractivity (Wildman–Crippen MR) is 96.7 cm³/mol. The van der Waals surface area contributed by atoms with Gasteiger partial charge in [0.05, 0.1) is 0 Å². The Bertz CT molecular complexity index is 315. The van der Waals surface area contributed by atoms with Crippen molar-refractivity contribution < 1.29 is 4.43 Å². The molecule has 106 valence electrons. The third-order valence-corrected chi connectivity index (χ3v) is 9.23. The quantitative estimate of drug-likeness (QED) is 0.279. The Morgan fingerprint density at radius 1 is 1.11 bits per heavy atom. The Kier molecular flexibility index (Phi) is 7.18. The lowest BCUT2D eigenvalue weighted by molar-refractivity contribution is 0.231. The molecule has 0 amide bonds. The molecule has 0 aromatic heterocycles. The number of hydrogen-bond acceptors (Lipinski definition) is 1. The van der Waals surface area contributed by atoms with Crippen molar-refractivity contribution in [3.8, 4) is 11.5 Å². The number of halogens is 1. The molecule has 0 aliphatic heterocycles. The molecule has 0 spiro atoms. The lowest BCUT2D eigenvalue weighted by atomic mass is 10.2. The van der Waals surface area contributed by atoms with Gasteiger partial charge in [-0.2, -0.15) is 0 Å². The molecule has 0 N–H and O–H groups in total. The number of alkyl halides is 1. The summed E-state index contributed by atoms with van der Waals surface area (Å²) < 4.78 is 7.53. The van der Waals surface area contributed by atoms with Crippen molar-refractivity contribution in [2.75, 3.05) is 4.43 Å². The van der Waals surface area contributed by atoms with E-state index in [1.54, 1.807) is 0 Å². The molecule has 0 rings (SSSR count). The Hall–Kier alpha value is 0.684. The summed E-state index contributed by atoms with van der Waals surface area (Å²) in [5.74, 6) is 3.41. The Labute approximate surface area is 130 Å². The molecule has 1 nitrogen and oxygen atoms in total. The molecule has 0 bridgehead atoms. The van der Waals surface area contributed by atoms with Crippen LogP contribution in [-0.2, 0) is 4.43 Å². The summed E-state index contributed by atoms with van der Waals surface area (Å²) in [6.45, 7) is 18.3. The van der Waals surface area contributed by atoms with Crippen molar-refractivity contribution in [3.63, 3.8) is 0 Å². The van der Waals surface area contributed by atoms with Gasteiger partial charge in [-0.15, -0.1) is 5.54 Å². The van der Waals surface area contributed by atoms with Crippen molar-refractivity contribution in [2.45, 2.75) is 71.1 Å². The van der Waals surface area contributed by atoms with Crippen molar-refractivity contribution >= 4 is 39.0 Å². The SMILES string of the molecule is CC(C)(C)[Si](C)(C)O[C@@H](C#C[Si](C)(C)C)CCI. The van der Waals surface area contributed by atoms with Gasteiger partial charge in [0.1, 0.15) is 14.2 Å². The first-order chi connectivity index (χ1) is 7.89. The van der Waals surface area contributed by atoms with E-state index in [1.165, 1.54) is 0 Å². The van der Waals surface area contributed by atoms with Crippen LogP contribution in [0.5, 0.6) is 0 Å². The van der Waals surface area contributed by atoms with Crippen molar-refractivity contribution in [1.29, 1.82) is 0 Å². The maximum atomic E-state index is 6.42. The smallest absolute Gasteiger partial charge is 0.193 e. The molecule has 0 fully saturated rings. The van der Waals surface area contributed by atoms with Crippen LogP contribution in [0.4, 0.5) is 0 Å². The molecular weight excluding hydrogens is 367 g/mol. The monoisotopic (exact) mass is 396 g/mol. The van der Waals surface area contributed by atoms with Crippen LogP contribution in [0.25, 0.3) is 0 Å². The van der Waals surface area contributed by atoms with E-state index in [9.17, 15) is 0 Å². The maximum Gasteiger partial charge on any atom is 0.193 e. The Balaban J connectivity index is 4.88. The van der Waals surface area contributed by atoms with Gasteiger partial charge in [0, 0.05) is 4.43 Å². The summed E-state index contributed by atoms with van der Waals surface area (Å²) in [7, 11) is -2.99. The summed E-state index contributed by atoms with van der Waals surface area (Å²) >= 11 is 2.41. The Morgan fingerprint density at radius 3 is 1.94 bits per heavy atom. The fourth-order valence-corrected chi connectivity index (χ4v) is 3.49. The van der Waals surface area contributed by atoms with Crippen LogP contribution < -0.4 is 0 Å². The van der Waals surface area contributed by atoms with E-state index in [-0.39, 0.29) is 11.1 Å². The summed E-state index contributed by atoms with van der Waals surface area (Å²) in [6.07, 6.45) is 1.18. The molecular formula is C14H29IOSi2. The molecule has 18 heavy (non-hydrogen) atoms. The van der Waals surface area contributed by atoms with Crippen LogP contribution in [0.3, 0.4) is 0 Å². The molecule has 0 saturated heterocycles. The van der Waals surface area contributed by atoms with Crippen LogP contribution in [0.1, 0.15) is 27.2 Å². The van der Waals surface area contributed by atoms with Gasteiger partial charge in [-0.1, -0.05) is 68.9 Å². The Morgan fingerprint density at radius 2 is 1.61 bits per heavy atom. The molecule has 0 radical (unpaired) electrons. The third kappa shape index (κ3) is 7.32. The highest BCUT2D eigenvalue weighted by atomic mass is 127. The highest BCUT2D eigenvalue weighted by molar-refractivity contribution is 14.1. The van der Waals surface area contributed by atoms with Gasteiger partial charge < -0.3 is 4.43 Å². The van der Waals surface area contributed by atoms with Gasteiger partial charge in [-0.3, -0.25) is 0 Å². The van der Waals surface area contributed by atoms with Gasteiger partial charge in [-0.25, -0.2) is 0 Å². The lowest BCUT2D eigenvalue weighted by Crippen LogP contribution is -2.43. The van der Waals surface area contributed by atoms with Crippen molar-refractivity contribution in [2.24, 2.45) is 0 Å². The minimum absolute atomic E-state index is 0.134. The molecule has 0 aliphatic carbocycles. The van der Waals surface area contributed by atoms with E-state index >= 15 is 0 Å². The minimum Gasteiger partial charge on any atom is -0.403 e. The highest BCUT2D eigenvalue weighted by Crippen LogP contribution is 2.37. The first kappa shape index (κ1) is 18.7. The summed E-state index contributed by atoms with van der Waals surface area (Å²) in [6, 6.07) is 0. The van der Waals surface area contributed by atoms with Crippen LogP contribution in [-0.4, -0.2) is 26.9 Å². The standard InChI is InChI=1S/C14H29IOSi2/c1-14(2,3)18(7,8)16-13(9-11-15)10-12-17(4,5)6/h13H,9,11H2,1-8H3/t13-/m1/s1. The van der Waals surface area contributed by atoms with E-state index < -0.39 is 16.4 Å².